The molecular formula is C19H25N3O4S. The Labute approximate surface area is 160 Å². The fourth-order valence-electron chi connectivity index (χ4n) is 3.14. The predicted molar refractivity (Wildman–Crippen MR) is 105 cm³/mol. The number of piperidine rings is 1. The van der Waals surface area contributed by atoms with Gasteiger partial charge in [-0.15, -0.1) is 0 Å². The smallest absolute Gasteiger partial charge is 0.239 e. The van der Waals surface area contributed by atoms with Crippen LogP contribution in [0.4, 0.5) is 11.4 Å². The zero-order valence-corrected chi connectivity index (χ0v) is 16.2. The normalized spacial score (nSPS) is 15.1. The zero-order chi connectivity index (χ0) is 19.3. The number of hydrogen-bond acceptors (Lipinski definition) is 5. The molecule has 0 radical (unpaired) electrons. The molecule has 1 aliphatic rings. The van der Waals surface area contributed by atoms with E-state index < -0.39 is 15.9 Å². The van der Waals surface area contributed by atoms with E-state index in [0.717, 1.165) is 29.3 Å². The van der Waals surface area contributed by atoms with Gasteiger partial charge in [0.2, 0.25) is 15.9 Å². The summed E-state index contributed by atoms with van der Waals surface area (Å²) < 4.78 is 30.2. The first kappa shape index (κ1) is 19.4. The topological polar surface area (TPSA) is 82.9 Å². The van der Waals surface area contributed by atoms with Crippen LogP contribution >= 0.6 is 0 Å². The van der Waals surface area contributed by atoms with Crippen LogP contribution in [0.3, 0.4) is 0 Å². The third kappa shape index (κ3) is 5.58. The highest BCUT2D eigenvalue weighted by Gasteiger charge is 2.21. The molecule has 0 aliphatic carbocycles. The van der Waals surface area contributed by atoms with Crippen LogP contribution in [0.1, 0.15) is 25.0 Å². The number of rotatable bonds is 7. The molecule has 3 rings (SSSR count). The lowest BCUT2D eigenvalue weighted by Crippen LogP contribution is -2.36. The first-order valence-electron chi connectivity index (χ1n) is 9.04. The first-order chi connectivity index (χ1) is 12.9. The molecule has 2 aromatic rings. The van der Waals surface area contributed by atoms with Crippen molar-refractivity contribution in [3.05, 3.63) is 48.4 Å². The predicted octanol–water partition coefficient (Wildman–Crippen LogP) is 2.67. The number of furan rings is 1. The summed E-state index contributed by atoms with van der Waals surface area (Å²) in [5.41, 5.74) is 1.79. The van der Waals surface area contributed by atoms with Crippen LogP contribution in [-0.4, -0.2) is 44.5 Å². The molecule has 8 heteroatoms. The van der Waals surface area contributed by atoms with Crippen molar-refractivity contribution < 1.29 is 17.6 Å². The lowest BCUT2D eigenvalue weighted by molar-refractivity contribution is -0.116. The summed E-state index contributed by atoms with van der Waals surface area (Å²) in [6.07, 6.45) is 6.24. The number of carbonyl (C=O) groups excluding carboxylic acids is 1. The maximum absolute atomic E-state index is 12.3. The van der Waals surface area contributed by atoms with E-state index in [2.05, 4.69) is 10.2 Å². The van der Waals surface area contributed by atoms with Crippen LogP contribution in [0, 0.1) is 0 Å². The molecular weight excluding hydrogens is 366 g/mol. The Morgan fingerprint density at radius 2 is 1.85 bits per heavy atom. The van der Waals surface area contributed by atoms with E-state index >= 15 is 0 Å². The standard InChI is InChI=1S/C19H25N3O4S/c1-27(24,25)22(14-18-6-5-13-26-18)15-19(23)20-16-7-9-17(10-8-16)21-11-3-2-4-12-21/h5-10,13H,2-4,11-12,14-15H2,1H3,(H,20,23). The molecule has 0 atom stereocenters. The molecule has 1 amide bonds. The molecule has 1 fully saturated rings. The fourth-order valence-corrected chi connectivity index (χ4v) is 3.85. The SMILES string of the molecule is CS(=O)(=O)N(CC(=O)Nc1ccc(N2CCCCC2)cc1)Cc1ccco1. The third-order valence-corrected chi connectivity index (χ3v) is 5.77. The molecule has 0 unspecified atom stereocenters. The Kier molecular flexibility index (Phi) is 6.18. The fraction of sp³-hybridized carbons (Fsp3) is 0.421. The monoisotopic (exact) mass is 391 g/mol. The van der Waals surface area contributed by atoms with E-state index in [1.54, 1.807) is 12.1 Å². The van der Waals surface area contributed by atoms with Crippen LogP contribution in [0.25, 0.3) is 0 Å². The van der Waals surface area contributed by atoms with Gasteiger partial charge in [0.25, 0.3) is 0 Å². The van der Waals surface area contributed by atoms with E-state index in [1.807, 2.05) is 24.3 Å². The van der Waals surface area contributed by atoms with Gasteiger partial charge < -0.3 is 14.6 Å². The molecule has 1 aliphatic heterocycles. The van der Waals surface area contributed by atoms with Gasteiger partial charge >= 0.3 is 0 Å². The molecule has 146 valence electrons. The van der Waals surface area contributed by atoms with Crippen LogP contribution in [0.15, 0.2) is 47.1 Å². The second-order valence-corrected chi connectivity index (χ2v) is 8.74. The quantitative estimate of drug-likeness (QED) is 0.785. The molecule has 0 saturated carbocycles. The van der Waals surface area contributed by atoms with Crippen molar-refractivity contribution in [2.24, 2.45) is 0 Å². The second kappa shape index (κ2) is 8.58. The number of hydrogen-bond donors (Lipinski definition) is 1. The van der Waals surface area contributed by atoms with E-state index in [0.29, 0.717) is 11.4 Å². The highest BCUT2D eigenvalue weighted by atomic mass is 32.2. The van der Waals surface area contributed by atoms with Gasteiger partial charge in [-0.2, -0.15) is 4.31 Å². The summed E-state index contributed by atoms with van der Waals surface area (Å²) in [7, 11) is -3.54. The van der Waals surface area contributed by atoms with Gasteiger partial charge in [0, 0.05) is 24.5 Å². The van der Waals surface area contributed by atoms with Crippen molar-refractivity contribution in [1.29, 1.82) is 0 Å². The van der Waals surface area contributed by atoms with Gasteiger partial charge in [0.05, 0.1) is 25.6 Å². The summed E-state index contributed by atoms with van der Waals surface area (Å²) in [6, 6.07) is 11.0. The van der Waals surface area contributed by atoms with Gasteiger partial charge in [-0.05, 0) is 55.7 Å². The second-order valence-electron chi connectivity index (χ2n) is 6.75. The van der Waals surface area contributed by atoms with E-state index in [1.165, 1.54) is 25.5 Å². The Balaban J connectivity index is 1.59. The summed E-state index contributed by atoms with van der Waals surface area (Å²) in [4.78, 5) is 14.7. The van der Waals surface area contributed by atoms with E-state index in [4.69, 9.17) is 4.42 Å². The minimum atomic E-state index is -3.54. The van der Waals surface area contributed by atoms with Crippen molar-refractivity contribution in [2.75, 3.05) is 36.1 Å². The highest BCUT2D eigenvalue weighted by molar-refractivity contribution is 7.88. The lowest BCUT2D eigenvalue weighted by Gasteiger charge is -2.28. The van der Waals surface area contributed by atoms with Gasteiger partial charge in [-0.3, -0.25) is 4.79 Å². The summed E-state index contributed by atoms with van der Waals surface area (Å²) in [6.45, 7) is 1.87. The summed E-state index contributed by atoms with van der Waals surface area (Å²) in [5.74, 6) is 0.0943. The van der Waals surface area contributed by atoms with Gasteiger partial charge in [0.15, 0.2) is 0 Å². The molecule has 7 nitrogen and oxygen atoms in total. The van der Waals surface area contributed by atoms with Crippen LogP contribution in [-0.2, 0) is 21.4 Å². The van der Waals surface area contributed by atoms with Crippen LogP contribution < -0.4 is 10.2 Å². The molecule has 0 bridgehead atoms. The van der Waals surface area contributed by atoms with Crippen molar-refractivity contribution >= 4 is 27.3 Å². The number of amides is 1. The van der Waals surface area contributed by atoms with E-state index in [9.17, 15) is 13.2 Å². The number of nitrogens with zero attached hydrogens (tertiary/aromatic N) is 2. The molecule has 0 spiro atoms. The Morgan fingerprint density at radius 1 is 1.15 bits per heavy atom. The number of benzene rings is 1. The Bertz CT molecular complexity index is 842. The van der Waals surface area contributed by atoms with Crippen molar-refractivity contribution in [3.63, 3.8) is 0 Å². The number of sulfonamides is 1. The van der Waals surface area contributed by atoms with Crippen LogP contribution in [0.2, 0.25) is 0 Å². The maximum atomic E-state index is 12.3. The highest BCUT2D eigenvalue weighted by Crippen LogP contribution is 2.22. The molecule has 2 heterocycles. The minimum absolute atomic E-state index is 0.0210. The third-order valence-electron chi connectivity index (χ3n) is 4.57. The number of carbonyl (C=O) groups is 1. The zero-order valence-electron chi connectivity index (χ0n) is 15.4. The van der Waals surface area contributed by atoms with Crippen molar-refractivity contribution in [3.8, 4) is 0 Å². The van der Waals surface area contributed by atoms with Gasteiger partial charge in [-0.25, -0.2) is 8.42 Å². The summed E-state index contributed by atoms with van der Waals surface area (Å²) in [5, 5.41) is 2.76. The lowest BCUT2D eigenvalue weighted by atomic mass is 10.1. The molecule has 1 N–H and O–H groups in total. The molecule has 27 heavy (non-hydrogen) atoms. The average Bonchev–Trinajstić information content (AvgIpc) is 3.15. The van der Waals surface area contributed by atoms with Crippen molar-refractivity contribution in [2.45, 2.75) is 25.8 Å². The Hall–Kier alpha value is -2.32. The Morgan fingerprint density at radius 3 is 2.44 bits per heavy atom. The summed E-state index contributed by atoms with van der Waals surface area (Å²) >= 11 is 0. The van der Waals surface area contributed by atoms with Gasteiger partial charge in [-0.1, -0.05) is 0 Å². The minimum Gasteiger partial charge on any atom is -0.468 e. The molecule has 1 saturated heterocycles. The largest absolute Gasteiger partial charge is 0.468 e. The number of anilines is 2. The molecule has 1 aromatic heterocycles. The van der Waals surface area contributed by atoms with E-state index in [-0.39, 0.29) is 13.1 Å². The van der Waals surface area contributed by atoms with Crippen molar-refractivity contribution in [1.82, 2.24) is 4.31 Å². The van der Waals surface area contributed by atoms with Gasteiger partial charge in [0.1, 0.15) is 5.76 Å². The molecule has 1 aromatic carbocycles. The average molecular weight is 391 g/mol. The van der Waals surface area contributed by atoms with Crippen LogP contribution in [0.5, 0.6) is 0 Å². The first-order valence-corrected chi connectivity index (χ1v) is 10.9. The number of nitrogens with one attached hydrogen (secondary N) is 1. The maximum Gasteiger partial charge on any atom is 0.239 e.